The Hall–Kier alpha value is -4.76. The molecule has 3 aromatic heterocycles. The van der Waals surface area contributed by atoms with Gasteiger partial charge in [-0.1, -0.05) is 65.9 Å². The predicted octanol–water partition coefficient (Wildman–Crippen LogP) is 5.32. The number of rotatable bonds is 11. The highest BCUT2D eigenvalue weighted by atomic mass is 16.5. The lowest BCUT2D eigenvalue weighted by molar-refractivity contribution is 0.114. The lowest BCUT2D eigenvalue weighted by Crippen LogP contribution is -2.18. The largest absolute Gasteiger partial charge is 0.492 e. The Labute approximate surface area is 232 Å². The van der Waals surface area contributed by atoms with Crippen LogP contribution in [0.4, 0.5) is 5.82 Å². The SMILES string of the molecule is CCOCC(Cc1ccc(OCCn2cc(-c3ccccc3)nn2)cc1)n1cnc2c(N)nc3ccccc3c21. The molecular weight excluding hydrogens is 502 g/mol. The number of pyridine rings is 1. The van der Waals surface area contributed by atoms with Crippen molar-refractivity contribution in [2.24, 2.45) is 0 Å². The van der Waals surface area contributed by atoms with E-state index in [0.29, 0.717) is 37.7 Å². The van der Waals surface area contributed by atoms with Gasteiger partial charge in [0.2, 0.25) is 0 Å². The van der Waals surface area contributed by atoms with Crippen LogP contribution < -0.4 is 10.5 Å². The Morgan fingerprint density at radius 1 is 0.950 bits per heavy atom. The molecule has 6 aromatic rings. The molecule has 9 heteroatoms. The van der Waals surface area contributed by atoms with Crippen molar-refractivity contribution in [2.75, 3.05) is 25.6 Å². The highest BCUT2D eigenvalue weighted by Crippen LogP contribution is 2.30. The molecule has 3 aromatic carbocycles. The van der Waals surface area contributed by atoms with Crippen LogP contribution in [0.3, 0.4) is 0 Å². The van der Waals surface area contributed by atoms with Crippen LogP contribution in [0, 0.1) is 0 Å². The van der Waals surface area contributed by atoms with Gasteiger partial charge in [0.15, 0.2) is 5.82 Å². The van der Waals surface area contributed by atoms with E-state index in [-0.39, 0.29) is 6.04 Å². The molecule has 0 bridgehead atoms. The van der Waals surface area contributed by atoms with Gasteiger partial charge >= 0.3 is 0 Å². The van der Waals surface area contributed by atoms with Crippen LogP contribution in [-0.2, 0) is 17.7 Å². The number of ether oxygens (including phenoxy) is 2. The summed E-state index contributed by atoms with van der Waals surface area (Å²) < 4.78 is 15.9. The third kappa shape index (κ3) is 5.37. The molecule has 0 amide bonds. The second kappa shape index (κ2) is 11.5. The van der Waals surface area contributed by atoms with Crippen LogP contribution in [0.2, 0.25) is 0 Å². The van der Waals surface area contributed by atoms with Crippen LogP contribution in [-0.4, -0.2) is 49.3 Å². The summed E-state index contributed by atoms with van der Waals surface area (Å²) in [7, 11) is 0. The molecule has 9 nitrogen and oxygen atoms in total. The first-order valence-electron chi connectivity index (χ1n) is 13.5. The van der Waals surface area contributed by atoms with E-state index < -0.39 is 0 Å². The van der Waals surface area contributed by atoms with Crippen LogP contribution in [0.5, 0.6) is 5.75 Å². The fourth-order valence-corrected chi connectivity index (χ4v) is 4.94. The molecule has 40 heavy (non-hydrogen) atoms. The summed E-state index contributed by atoms with van der Waals surface area (Å²) in [6, 6.07) is 26.3. The fraction of sp³-hybridized carbons (Fsp3) is 0.226. The van der Waals surface area contributed by atoms with E-state index in [9.17, 15) is 0 Å². The van der Waals surface area contributed by atoms with Gasteiger partial charge in [-0.15, -0.1) is 5.10 Å². The zero-order valence-electron chi connectivity index (χ0n) is 22.4. The van der Waals surface area contributed by atoms with Crippen LogP contribution in [0.25, 0.3) is 33.2 Å². The maximum Gasteiger partial charge on any atom is 0.152 e. The molecule has 0 spiro atoms. The van der Waals surface area contributed by atoms with Crippen molar-refractivity contribution in [3.05, 3.63) is 97.0 Å². The summed E-state index contributed by atoms with van der Waals surface area (Å²) in [5, 5.41) is 9.51. The summed E-state index contributed by atoms with van der Waals surface area (Å²) in [5.74, 6) is 1.25. The molecule has 0 saturated carbocycles. The molecule has 0 aliphatic carbocycles. The highest BCUT2D eigenvalue weighted by molar-refractivity contribution is 6.06. The maximum atomic E-state index is 6.27. The third-order valence-electron chi connectivity index (χ3n) is 6.94. The van der Waals surface area contributed by atoms with Crippen LogP contribution in [0.1, 0.15) is 18.5 Å². The van der Waals surface area contributed by atoms with E-state index >= 15 is 0 Å². The second-order valence-electron chi connectivity index (χ2n) is 9.61. The van der Waals surface area contributed by atoms with Crippen molar-refractivity contribution in [1.82, 2.24) is 29.5 Å². The minimum absolute atomic E-state index is 0.0352. The Bertz CT molecular complexity index is 1710. The Kier molecular flexibility index (Phi) is 7.37. The molecule has 3 heterocycles. The van der Waals surface area contributed by atoms with E-state index in [1.54, 1.807) is 4.68 Å². The number of nitrogens with two attached hydrogens (primary N) is 1. The second-order valence-corrected chi connectivity index (χ2v) is 9.61. The number of benzene rings is 3. The zero-order chi connectivity index (χ0) is 27.3. The topological polar surface area (TPSA) is 106 Å². The molecule has 0 aliphatic rings. The van der Waals surface area contributed by atoms with E-state index in [2.05, 4.69) is 43.0 Å². The fourth-order valence-electron chi connectivity index (χ4n) is 4.94. The summed E-state index contributed by atoms with van der Waals surface area (Å²) in [6.07, 6.45) is 4.56. The van der Waals surface area contributed by atoms with Gasteiger partial charge in [-0.2, -0.15) is 0 Å². The summed E-state index contributed by atoms with van der Waals surface area (Å²) in [5.41, 5.74) is 11.9. The first kappa shape index (κ1) is 25.5. The Morgan fingerprint density at radius 2 is 1.75 bits per heavy atom. The van der Waals surface area contributed by atoms with Crippen molar-refractivity contribution >= 4 is 27.8 Å². The first-order chi connectivity index (χ1) is 19.7. The average Bonchev–Trinajstić information content (AvgIpc) is 3.65. The number of hydrogen-bond donors (Lipinski definition) is 1. The van der Waals surface area contributed by atoms with Gasteiger partial charge in [-0.05, 0) is 37.1 Å². The highest BCUT2D eigenvalue weighted by Gasteiger charge is 2.19. The van der Waals surface area contributed by atoms with Crippen molar-refractivity contribution in [1.29, 1.82) is 0 Å². The van der Waals surface area contributed by atoms with Crippen molar-refractivity contribution in [2.45, 2.75) is 25.9 Å². The number of para-hydroxylation sites is 1. The Morgan fingerprint density at radius 3 is 2.58 bits per heavy atom. The molecule has 0 aliphatic heterocycles. The number of anilines is 1. The Balaban J connectivity index is 1.14. The number of nitrogen functional groups attached to an aromatic ring is 1. The summed E-state index contributed by atoms with van der Waals surface area (Å²) in [6.45, 7) is 4.30. The van der Waals surface area contributed by atoms with E-state index in [1.807, 2.05) is 80.1 Å². The molecule has 2 N–H and O–H groups in total. The number of nitrogens with zero attached hydrogens (tertiary/aromatic N) is 6. The quantitative estimate of drug-likeness (QED) is 0.240. The van der Waals surface area contributed by atoms with Gasteiger partial charge in [-0.3, -0.25) is 0 Å². The van der Waals surface area contributed by atoms with Crippen molar-refractivity contribution < 1.29 is 9.47 Å². The van der Waals surface area contributed by atoms with Crippen LogP contribution >= 0.6 is 0 Å². The average molecular weight is 534 g/mol. The van der Waals surface area contributed by atoms with Gasteiger partial charge < -0.3 is 19.8 Å². The molecule has 6 rings (SSSR count). The molecular formula is C31H31N7O2. The summed E-state index contributed by atoms with van der Waals surface area (Å²) in [4.78, 5) is 9.16. The van der Waals surface area contributed by atoms with Gasteiger partial charge in [0.05, 0.1) is 42.8 Å². The molecule has 0 radical (unpaired) electrons. The van der Waals surface area contributed by atoms with Crippen molar-refractivity contribution in [3.63, 3.8) is 0 Å². The number of imidazole rings is 1. The first-order valence-corrected chi connectivity index (χ1v) is 13.5. The lowest BCUT2D eigenvalue weighted by Gasteiger charge is -2.20. The molecule has 202 valence electrons. The predicted molar refractivity (Wildman–Crippen MR) is 156 cm³/mol. The van der Waals surface area contributed by atoms with Gasteiger partial charge in [0.1, 0.15) is 23.6 Å². The van der Waals surface area contributed by atoms with E-state index in [4.69, 9.17) is 15.2 Å². The maximum absolute atomic E-state index is 6.27. The van der Waals surface area contributed by atoms with Crippen molar-refractivity contribution in [3.8, 4) is 17.0 Å². The zero-order valence-corrected chi connectivity index (χ0v) is 22.4. The molecule has 1 atom stereocenters. The van der Waals surface area contributed by atoms with Gasteiger partial charge in [0.25, 0.3) is 0 Å². The summed E-state index contributed by atoms with van der Waals surface area (Å²) >= 11 is 0. The minimum Gasteiger partial charge on any atom is -0.492 e. The molecule has 0 saturated heterocycles. The lowest BCUT2D eigenvalue weighted by atomic mass is 10.1. The van der Waals surface area contributed by atoms with Gasteiger partial charge in [-0.25, -0.2) is 14.6 Å². The molecule has 0 fully saturated rings. The molecule has 1 unspecified atom stereocenters. The smallest absolute Gasteiger partial charge is 0.152 e. The van der Waals surface area contributed by atoms with Crippen LogP contribution in [0.15, 0.2) is 91.4 Å². The third-order valence-corrected chi connectivity index (χ3v) is 6.94. The monoisotopic (exact) mass is 533 g/mol. The number of fused-ring (bicyclic) bond motifs is 3. The standard InChI is InChI=1S/C31H31N7O2/c1-2-39-20-24(38-21-33-29-30(38)26-10-6-7-11-27(26)34-31(29)32)18-22-12-14-25(15-13-22)40-17-16-37-19-28(35-36-37)23-8-4-3-5-9-23/h3-15,19,21,24H,2,16-18,20H2,1H3,(H2,32,34). The van der Waals surface area contributed by atoms with E-state index in [0.717, 1.165) is 39.8 Å². The minimum atomic E-state index is 0.0352. The van der Waals surface area contributed by atoms with E-state index in [1.165, 1.54) is 5.56 Å². The normalized spacial score (nSPS) is 12.2. The van der Waals surface area contributed by atoms with Gasteiger partial charge in [0, 0.05) is 17.6 Å². The number of aromatic nitrogens is 6. The number of hydrogen-bond acceptors (Lipinski definition) is 7.